The van der Waals surface area contributed by atoms with Crippen molar-refractivity contribution in [3.8, 4) is 5.75 Å². The molecule has 0 aliphatic heterocycles. The predicted octanol–water partition coefficient (Wildman–Crippen LogP) is 4.52. The van der Waals surface area contributed by atoms with Crippen LogP contribution in [0.25, 0.3) is 10.9 Å². The van der Waals surface area contributed by atoms with E-state index >= 15 is 0 Å². The third kappa shape index (κ3) is 1.78. The maximum Gasteiger partial charge on any atom is 0.195 e. The van der Waals surface area contributed by atoms with E-state index in [0.29, 0.717) is 5.56 Å². The summed E-state index contributed by atoms with van der Waals surface area (Å²) < 4.78 is 3.09. The van der Waals surface area contributed by atoms with E-state index < -0.39 is 0 Å². The van der Waals surface area contributed by atoms with Crippen molar-refractivity contribution in [2.45, 2.75) is 19.3 Å². The van der Waals surface area contributed by atoms with Crippen LogP contribution in [-0.2, 0) is 12.5 Å². The second-order valence-corrected chi connectivity index (χ2v) is 7.54. The standard InChI is InChI=1S/C19H16BrNO2/c1-19(2)14-9-11(22)5-7-12(14)17(23)16-13-6-4-10(20)8-15(13)21(3)18(16)19/h4-9,22H,1-3H3. The monoisotopic (exact) mass is 369 g/mol. The quantitative estimate of drug-likeness (QED) is 0.632. The van der Waals surface area contributed by atoms with Gasteiger partial charge in [-0.15, -0.1) is 0 Å². The smallest absolute Gasteiger partial charge is 0.195 e. The van der Waals surface area contributed by atoms with Gasteiger partial charge in [0.2, 0.25) is 0 Å². The second-order valence-electron chi connectivity index (χ2n) is 6.63. The van der Waals surface area contributed by atoms with Crippen LogP contribution in [0.4, 0.5) is 0 Å². The summed E-state index contributed by atoms with van der Waals surface area (Å²) in [4.78, 5) is 13.1. The summed E-state index contributed by atoms with van der Waals surface area (Å²) in [5, 5.41) is 10.9. The van der Waals surface area contributed by atoms with E-state index in [-0.39, 0.29) is 16.9 Å². The van der Waals surface area contributed by atoms with Crippen molar-refractivity contribution in [2.75, 3.05) is 0 Å². The summed E-state index contributed by atoms with van der Waals surface area (Å²) in [6.07, 6.45) is 0. The first-order valence-electron chi connectivity index (χ1n) is 7.49. The molecule has 3 aromatic rings. The van der Waals surface area contributed by atoms with Crippen LogP contribution in [0.2, 0.25) is 0 Å². The third-order valence-corrected chi connectivity index (χ3v) is 5.40. The van der Waals surface area contributed by atoms with Gasteiger partial charge < -0.3 is 9.67 Å². The number of phenols is 1. The first kappa shape index (κ1) is 14.5. The summed E-state index contributed by atoms with van der Waals surface area (Å²) in [5.74, 6) is 0.219. The molecular formula is C19H16BrNO2. The average Bonchev–Trinajstić information content (AvgIpc) is 2.79. The Kier molecular flexibility index (Phi) is 2.83. The van der Waals surface area contributed by atoms with Crippen molar-refractivity contribution in [3.63, 3.8) is 0 Å². The van der Waals surface area contributed by atoms with Crippen LogP contribution >= 0.6 is 15.9 Å². The van der Waals surface area contributed by atoms with Crippen molar-refractivity contribution in [1.82, 2.24) is 4.57 Å². The Morgan fingerprint density at radius 3 is 2.61 bits per heavy atom. The fraction of sp³-hybridized carbons (Fsp3) is 0.211. The molecule has 116 valence electrons. The Balaban J connectivity index is 2.17. The molecule has 0 saturated heterocycles. The molecule has 1 aliphatic carbocycles. The lowest BCUT2D eigenvalue weighted by molar-refractivity contribution is 0.103. The molecule has 1 aliphatic rings. The highest BCUT2D eigenvalue weighted by atomic mass is 79.9. The Morgan fingerprint density at radius 2 is 1.87 bits per heavy atom. The van der Waals surface area contributed by atoms with Gasteiger partial charge in [-0.1, -0.05) is 35.8 Å². The van der Waals surface area contributed by atoms with Crippen LogP contribution in [0.1, 0.15) is 41.0 Å². The van der Waals surface area contributed by atoms with E-state index in [0.717, 1.165) is 32.2 Å². The Hall–Kier alpha value is -2.07. The number of halogens is 1. The van der Waals surface area contributed by atoms with Crippen LogP contribution in [0.5, 0.6) is 5.75 Å². The minimum absolute atomic E-state index is 0.0299. The van der Waals surface area contributed by atoms with Gasteiger partial charge in [-0.25, -0.2) is 0 Å². The zero-order chi connectivity index (χ0) is 16.5. The first-order valence-corrected chi connectivity index (χ1v) is 8.28. The molecule has 0 fully saturated rings. The molecule has 2 aromatic carbocycles. The van der Waals surface area contributed by atoms with Gasteiger partial charge in [0.1, 0.15) is 5.75 Å². The van der Waals surface area contributed by atoms with Crippen molar-refractivity contribution in [1.29, 1.82) is 0 Å². The van der Waals surface area contributed by atoms with Crippen molar-refractivity contribution >= 4 is 32.6 Å². The molecule has 3 nitrogen and oxygen atoms in total. The summed E-state index contributed by atoms with van der Waals surface area (Å²) in [7, 11) is 2.00. The summed E-state index contributed by atoms with van der Waals surface area (Å²) in [5.41, 5.74) is 3.99. The number of hydrogen-bond acceptors (Lipinski definition) is 2. The van der Waals surface area contributed by atoms with Gasteiger partial charge in [0.25, 0.3) is 0 Å². The van der Waals surface area contributed by atoms with Crippen LogP contribution in [0.15, 0.2) is 40.9 Å². The summed E-state index contributed by atoms with van der Waals surface area (Å²) >= 11 is 3.51. The number of aromatic hydroxyl groups is 1. The van der Waals surface area contributed by atoms with Crippen LogP contribution in [0.3, 0.4) is 0 Å². The summed E-state index contributed by atoms with van der Waals surface area (Å²) in [6.45, 7) is 4.20. The number of fused-ring (bicyclic) bond motifs is 4. The highest BCUT2D eigenvalue weighted by Crippen LogP contribution is 2.45. The maximum absolute atomic E-state index is 13.1. The number of carbonyl (C=O) groups excluding carboxylic acids is 1. The minimum atomic E-state index is -0.364. The van der Waals surface area contributed by atoms with E-state index in [1.54, 1.807) is 18.2 Å². The normalized spacial score (nSPS) is 15.6. The molecule has 0 unspecified atom stereocenters. The molecule has 0 saturated carbocycles. The number of nitrogens with zero attached hydrogens (tertiary/aromatic N) is 1. The SMILES string of the molecule is Cn1c2c(c3ccc(Br)cc31)C(=O)c1ccc(O)cc1C2(C)C. The highest BCUT2D eigenvalue weighted by Gasteiger charge is 2.41. The number of hydrogen-bond donors (Lipinski definition) is 1. The second kappa shape index (κ2) is 4.48. The van der Waals surface area contributed by atoms with Crippen LogP contribution in [0, 0.1) is 0 Å². The average molecular weight is 370 g/mol. The molecule has 1 aromatic heterocycles. The molecule has 0 spiro atoms. The molecule has 4 heteroatoms. The Labute approximate surface area is 142 Å². The van der Waals surface area contributed by atoms with Gasteiger partial charge in [-0.3, -0.25) is 4.79 Å². The van der Waals surface area contributed by atoms with Crippen molar-refractivity contribution in [2.24, 2.45) is 7.05 Å². The molecule has 0 radical (unpaired) electrons. The topological polar surface area (TPSA) is 42.2 Å². The maximum atomic E-state index is 13.1. The van der Waals surface area contributed by atoms with Gasteiger partial charge in [0.15, 0.2) is 5.78 Å². The van der Waals surface area contributed by atoms with Gasteiger partial charge in [-0.05, 0) is 35.9 Å². The van der Waals surface area contributed by atoms with Crippen LogP contribution in [-0.4, -0.2) is 15.5 Å². The zero-order valence-electron chi connectivity index (χ0n) is 13.1. The molecule has 0 atom stereocenters. The fourth-order valence-corrected chi connectivity index (χ4v) is 4.23. The van der Waals surface area contributed by atoms with Gasteiger partial charge in [-0.2, -0.15) is 0 Å². The van der Waals surface area contributed by atoms with Crippen molar-refractivity contribution < 1.29 is 9.90 Å². The third-order valence-electron chi connectivity index (χ3n) is 4.90. The largest absolute Gasteiger partial charge is 0.508 e. The molecule has 23 heavy (non-hydrogen) atoms. The van der Waals surface area contributed by atoms with Gasteiger partial charge >= 0.3 is 0 Å². The lowest BCUT2D eigenvalue weighted by Gasteiger charge is -2.33. The Morgan fingerprint density at radius 1 is 1.13 bits per heavy atom. The van der Waals surface area contributed by atoms with Crippen molar-refractivity contribution in [3.05, 3.63) is 63.3 Å². The molecule has 0 bridgehead atoms. The molecule has 4 rings (SSSR count). The lowest BCUT2D eigenvalue weighted by Crippen LogP contribution is -2.31. The van der Waals surface area contributed by atoms with E-state index in [1.165, 1.54) is 0 Å². The minimum Gasteiger partial charge on any atom is -0.508 e. The van der Waals surface area contributed by atoms with E-state index in [2.05, 4.69) is 34.3 Å². The number of aryl methyl sites for hydroxylation is 1. The molecular weight excluding hydrogens is 354 g/mol. The number of rotatable bonds is 0. The van der Waals surface area contributed by atoms with E-state index in [9.17, 15) is 9.90 Å². The highest BCUT2D eigenvalue weighted by molar-refractivity contribution is 9.10. The number of ketones is 1. The van der Waals surface area contributed by atoms with Crippen LogP contribution < -0.4 is 0 Å². The van der Waals surface area contributed by atoms with E-state index in [4.69, 9.17) is 0 Å². The first-order chi connectivity index (χ1) is 10.8. The van der Waals surface area contributed by atoms with Gasteiger partial charge in [0, 0.05) is 39.1 Å². The van der Waals surface area contributed by atoms with Gasteiger partial charge in [0.05, 0.1) is 5.56 Å². The number of aromatic nitrogens is 1. The zero-order valence-corrected chi connectivity index (χ0v) is 14.7. The number of benzene rings is 2. The molecule has 1 N–H and O–H groups in total. The van der Waals surface area contributed by atoms with E-state index in [1.807, 2.05) is 25.2 Å². The fourth-order valence-electron chi connectivity index (χ4n) is 3.88. The lowest BCUT2D eigenvalue weighted by atomic mass is 9.71. The number of phenolic OH excluding ortho intramolecular Hbond substituents is 1. The molecule has 0 amide bonds. The molecule has 1 heterocycles. The predicted molar refractivity (Wildman–Crippen MR) is 94.3 cm³/mol. The summed E-state index contributed by atoms with van der Waals surface area (Å²) in [6, 6.07) is 11.0. The Bertz CT molecular complexity index is 998. The number of carbonyl (C=O) groups is 1.